The maximum Gasteiger partial charge on any atom is 0.126 e. The van der Waals surface area contributed by atoms with E-state index in [4.69, 9.17) is 5.73 Å². The van der Waals surface area contributed by atoms with Crippen LogP contribution in [0.1, 0.15) is 13.8 Å². The molecule has 0 unspecified atom stereocenters. The zero-order valence-electron chi connectivity index (χ0n) is 7.84. The van der Waals surface area contributed by atoms with E-state index >= 15 is 0 Å². The highest BCUT2D eigenvalue weighted by Crippen LogP contribution is 2.14. The summed E-state index contributed by atoms with van der Waals surface area (Å²) in [5.41, 5.74) is 5.47. The third-order valence-electron chi connectivity index (χ3n) is 1.70. The molecule has 0 amide bonds. The van der Waals surface area contributed by atoms with E-state index in [-0.39, 0.29) is 5.54 Å². The number of hydrogen-bond donors (Lipinski definition) is 2. The Balaban J connectivity index is 2.69. The van der Waals surface area contributed by atoms with Crippen LogP contribution in [0.4, 0.5) is 5.82 Å². The van der Waals surface area contributed by atoms with E-state index < -0.39 is 0 Å². The van der Waals surface area contributed by atoms with Crippen molar-refractivity contribution in [2.45, 2.75) is 19.4 Å². The fraction of sp³-hybridized carbons (Fsp3) is 0.444. The Morgan fingerprint density at radius 2 is 2.23 bits per heavy atom. The van der Waals surface area contributed by atoms with E-state index in [1.807, 2.05) is 26.0 Å². The molecule has 1 heterocycles. The Labute approximate surface area is 86.9 Å². The van der Waals surface area contributed by atoms with Crippen molar-refractivity contribution in [3.8, 4) is 0 Å². The molecule has 0 radical (unpaired) electrons. The van der Waals surface area contributed by atoms with Gasteiger partial charge in [-0.3, -0.25) is 0 Å². The summed E-state index contributed by atoms with van der Waals surface area (Å²) in [6.45, 7) is 4.65. The number of nitrogens with one attached hydrogen (secondary N) is 1. The molecule has 0 aliphatic rings. The third kappa shape index (κ3) is 3.32. The molecule has 13 heavy (non-hydrogen) atoms. The van der Waals surface area contributed by atoms with E-state index in [0.717, 1.165) is 10.3 Å². The Bertz CT molecular complexity index is 269. The summed E-state index contributed by atoms with van der Waals surface area (Å²) in [7, 11) is 0. The zero-order valence-corrected chi connectivity index (χ0v) is 9.43. The second kappa shape index (κ2) is 4.07. The van der Waals surface area contributed by atoms with Gasteiger partial charge in [0.15, 0.2) is 0 Å². The van der Waals surface area contributed by atoms with Gasteiger partial charge in [0.25, 0.3) is 0 Å². The summed E-state index contributed by atoms with van der Waals surface area (Å²) >= 11 is 3.33. The van der Waals surface area contributed by atoms with Gasteiger partial charge in [-0.05, 0) is 41.9 Å². The van der Waals surface area contributed by atoms with Gasteiger partial charge in [-0.15, -0.1) is 0 Å². The fourth-order valence-electron chi connectivity index (χ4n) is 0.847. The van der Waals surface area contributed by atoms with Crippen molar-refractivity contribution in [1.29, 1.82) is 0 Å². The molecule has 0 saturated heterocycles. The van der Waals surface area contributed by atoms with E-state index in [0.29, 0.717) is 6.54 Å². The van der Waals surface area contributed by atoms with Crippen LogP contribution in [-0.2, 0) is 0 Å². The highest BCUT2D eigenvalue weighted by molar-refractivity contribution is 9.10. The molecule has 3 N–H and O–H groups in total. The van der Waals surface area contributed by atoms with Crippen LogP contribution in [0.5, 0.6) is 0 Å². The highest BCUT2D eigenvalue weighted by Gasteiger charge is 2.14. The lowest BCUT2D eigenvalue weighted by Gasteiger charge is -2.24. The summed E-state index contributed by atoms with van der Waals surface area (Å²) < 4.78 is 0.976. The van der Waals surface area contributed by atoms with Gasteiger partial charge in [-0.25, -0.2) is 4.98 Å². The van der Waals surface area contributed by atoms with Crippen LogP contribution in [0.2, 0.25) is 0 Å². The number of anilines is 1. The van der Waals surface area contributed by atoms with Gasteiger partial charge in [-0.2, -0.15) is 0 Å². The minimum Gasteiger partial charge on any atom is -0.364 e. The first-order valence-corrected chi connectivity index (χ1v) is 4.92. The minimum atomic E-state index is -0.110. The van der Waals surface area contributed by atoms with Crippen LogP contribution in [0.15, 0.2) is 22.8 Å². The number of halogens is 1. The molecule has 0 fully saturated rings. The normalized spacial score (nSPS) is 11.4. The molecular formula is C9H14BrN3. The van der Waals surface area contributed by atoms with Crippen molar-refractivity contribution in [3.05, 3.63) is 22.8 Å². The summed E-state index contributed by atoms with van der Waals surface area (Å²) in [5, 5.41) is 3.24. The van der Waals surface area contributed by atoms with Gasteiger partial charge < -0.3 is 11.1 Å². The molecular weight excluding hydrogens is 230 g/mol. The lowest BCUT2D eigenvalue weighted by Crippen LogP contribution is -2.39. The summed E-state index contributed by atoms with van der Waals surface area (Å²) in [6, 6.07) is 3.86. The first-order valence-electron chi connectivity index (χ1n) is 4.13. The van der Waals surface area contributed by atoms with Gasteiger partial charge in [-0.1, -0.05) is 0 Å². The van der Waals surface area contributed by atoms with Crippen LogP contribution < -0.4 is 11.1 Å². The first kappa shape index (κ1) is 10.5. The van der Waals surface area contributed by atoms with Crippen LogP contribution in [0, 0.1) is 0 Å². The van der Waals surface area contributed by atoms with Crippen molar-refractivity contribution in [2.24, 2.45) is 5.73 Å². The predicted molar refractivity (Wildman–Crippen MR) is 58.7 cm³/mol. The molecule has 0 aliphatic heterocycles. The standard InChI is InChI=1S/C9H14BrN3/c1-9(2,6-11)13-8-4-3-7(10)5-12-8/h3-5H,6,11H2,1-2H3,(H,12,13). The Hall–Kier alpha value is -0.610. The molecule has 1 aromatic heterocycles. The molecule has 1 rings (SSSR count). The first-order chi connectivity index (χ1) is 6.03. The second-order valence-corrected chi connectivity index (χ2v) is 4.49. The summed E-state index contributed by atoms with van der Waals surface area (Å²) in [5.74, 6) is 0.846. The number of pyridine rings is 1. The molecule has 0 aliphatic carbocycles. The lowest BCUT2D eigenvalue weighted by atomic mass is 10.1. The smallest absolute Gasteiger partial charge is 0.126 e. The van der Waals surface area contributed by atoms with Crippen molar-refractivity contribution < 1.29 is 0 Å². The fourth-order valence-corrected chi connectivity index (χ4v) is 1.08. The number of rotatable bonds is 3. The highest BCUT2D eigenvalue weighted by atomic mass is 79.9. The third-order valence-corrected chi connectivity index (χ3v) is 2.17. The van der Waals surface area contributed by atoms with Gasteiger partial charge in [0.1, 0.15) is 5.82 Å². The molecule has 72 valence electrons. The molecule has 0 bridgehead atoms. The Morgan fingerprint density at radius 1 is 1.54 bits per heavy atom. The molecule has 0 spiro atoms. The van der Waals surface area contributed by atoms with Crippen molar-refractivity contribution in [3.63, 3.8) is 0 Å². The number of nitrogens with two attached hydrogens (primary N) is 1. The molecule has 4 heteroatoms. The molecule has 3 nitrogen and oxygen atoms in total. The Morgan fingerprint density at radius 3 is 2.69 bits per heavy atom. The maximum absolute atomic E-state index is 5.58. The van der Waals surface area contributed by atoms with Gasteiger partial charge in [0, 0.05) is 22.8 Å². The van der Waals surface area contributed by atoms with Gasteiger partial charge >= 0.3 is 0 Å². The number of hydrogen-bond acceptors (Lipinski definition) is 3. The molecule has 0 saturated carbocycles. The minimum absolute atomic E-state index is 0.110. The SMILES string of the molecule is CC(C)(CN)Nc1ccc(Br)cn1. The number of aromatic nitrogens is 1. The topological polar surface area (TPSA) is 50.9 Å². The van der Waals surface area contributed by atoms with E-state index in [1.165, 1.54) is 0 Å². The van der Waals surface area contributed by atoms with Crippen molar-refractivity contribution in [2.75, 3.05) is 11.9 Å². The van der Waals surface area contributed by atoms with E-state index in [1.54, 1.807) is 6.20 Å². The van der Waals surface area contributed by atoms with Gasteiger partial charge in [0.2, 0.25) is 0 Å². The van der Waals surface area contributed by atoms with E-state index in [9.17, 15) is 0 Å². The molecule has 0 atom stereocenters. The summed E-state index contributed by atoms with van der Waals surface area (Å²) in [6.07, 6.45) is 1.76. The van der Waals surface area contributed by atoms with Crippen molar-refractivity contribution >= 4 is 21.7 Å². The van der Waals surface area contributed by atoms with Crippen LogP contribution in [0.3, 0.4) is 0 Å². The lowest BCUT2D eigenvalue weighted by molar-refractivity contribution is 0.577. The van der Waals surface area contributed by atoms with Gasteiger partial charge in [0.05, 0.1) is 0 Å². The summed E-state index contributed by atoms with van der Waals surface area (Å²) in [4.78, 5) is 4.20. The van der Waals surface area contributed by atoms with Crippen LogP contribution in [-0.4, -0.2) is 17.1 Å². The molecule has 0 aromatic carbocycles. The van der Waals surface area contributed by atoms with Crippen LogP contribution >= 0.6 is 15.9 Å². The maximum atomic E-state index is 5.58. The largest absolute Gasteiger partial charge is 0.364 e. The average Bonchev–Trinajstić information content (AvgIpc) is 2.09. The Kier molecular flexibility index (Phi) is 3.27. The van der Waals surface area contributed by atoms with E-state index in [2.05, 4.69) is 26.2 Å². The predicted octanol–water partition coefficient (Wildman–Crippen LogP) is 1.99. The molecule has 1 aromatic rings. The quantitative estimate of drug-likeness (QED) is 0.854. The average molecular weight is 244 g/mol. The monoisotopic (exact) mass is 243 g/mol. The number of nitrogens with zero attached hydrogens (tertiary/aromatic N) is 1. The van der Waals surface area contributed by atoms with Crippen LogP contribution in [0.25, 0.3) is 0 Å². The second-order valence-electron chi connectivity index (χ2n) is 3.57. The zero-order chi connectivity index (χ0) is 9.90. The van der Waals surface area contributed by atoms with Crippen molar-refractivity contribution in [1.82, 2.24) is 4.98 Å².